The van der Waals surface area contributed by atoms with E-state index in [1.54, 1.807) is 25.1 Å². The summed E-state index contributed by atoms with van der Waals surface area (Å²) in [6.07, 6.45) is 1.28. The van der Waals surface area contributed by atoms with Gasteiger partial charge in [0, 0.05) is 16.9 Å². The molecule has 0 unspecified atom stereocenters. The number of para-hydroxylation sites is 1. The number of aromatic nitrogens is 3. The van der Waals surface area contributed by atoms with Gasteiger partial charge in [0.05, 0.1) is 18.0 Å². The number of aryl methyl sites for hydroxylation is 1. The molecule has 7 nitrogen and oxygen atoms in total. The molecule has 0 saturated heterocycles. The second-order valence-corrected chi connectivity index (χ2v) is 9.11. The average Bonchev–Trinajstić information content (AvgIpc) is 3.27. The van der Waals surface area contributed by atoms with Crippen molar-refractivity contribution in [3.8, 4) is 5.69 Å². The van der Waals surface area contributed by atoms with E-state index in [1.165, 1.54) is 29.6 Å². The van der Waals surface area contributed by atoms with Crippen LogP contribution in [0.3, 0.4) is 0 Å². The van der Waals surface area contributed by atoms with E-state index in [-0.39, 0.29) is 5.91 Å². The zero-order chi connectivity index (χ0) is 24.6. The zero-order valence-corrected chi connectivity index (χ0v) is 20.2. The number of thioether (sulfide) groups is 1. The normalized spacial score (nSPS) is 12.0. The number of halogens is 1. The summed E-state index contributed by atoms with van der Waals surface area (Å²) < 4.78 is 15.7. The molecular formula is C26H25FN6OS. The Balaban J connectivity index is 1.47. The molecule has 4 rings (SSSR count). The van der Waals surface area contributed by atoms with Crippen molar-refractivity contribution in [3.05, 3.63) is 102 Å². The van der Waals surface area contributed by atoms with Crippen LogP contribution in [-0.4, -0.2) is 32.1 Å². The number of amides is 1. The largest absolute Gasteiger partial charge is 0.378 e. The molecule has 0 fully saturated rings. The Kier molecular flexibility index (Phi) is 7.89. The zero-order valence-electron chi connectivity index (χ0n) is 19.4. The van der Waals surface area contributed by atoms with Crippen molar-refractivity contribution in [2.45, 2.75) is 30.8 Å². The standard InChI is InChI=1S/C26H25FN6OS/c1-18-12-14-21(15-13-18)28-17-24-30-32-26(33(24)22-9-4-3-5-10-22)35-19(2)25(34)31-29-16-20-8-6-7-11-23(20)27/h3-16,19,28H,17H2,1-2H3,(H,31,34)/t19-/m0/s1. The van der Waals surface area contributed by atoms with E-state index in [1.807, 2.05) is 66.1 Å². The predicted octanol–water partition coefficient (Wildman–Crippen LogP) is 4.96. The van der Waals surface area contributed by atoms with Crippen LogP contribution in [-0.2, 0) is 11.3 Å². The summed E-state index contributed by atoms with van der Waals surface area (Å²) in [6.45, 7) is 4.26. The van der Waals surface area contributed by atoms with Gasteiger partial charge in [-0.1, -0.05) is 65.9 Å². The molecule has 35 heavy (non-hydrogen) atoms. The van der Waals surface area contributed by atoms with E-state index in [9.17, 15) is 9.18 Å². The maximum absolute atomic E-state index is 13.7. The Bertz CT molecular complexity index is 1310. The first-order valence-electron chi connectivity index (χ1n) is 11.1. The summed E-state index contributed by atoms with van der Waals surface area (Å²) >= 11 is 1.27. The first-order valence-corrected chi connectivity index (χ1v) is 11.9. The van der Waals surface area contributed by atoms with E-state index >= 15 is 0 Å². The Labute approximate surface area is 207 Å². The number of nitrogens with one attached hydrogen (secondary N) is 2. The van der Waals surface area contributed by atoms with Crippen molar-refractivity contribution < 1.29 is 9.18 Å². The monoisotopic (exact) mass is 488 g/mol. The van der Waals surface area contributed by atoms with Gasteiger partial charge < -0.3 is 5.32 Å². The number of rotatable bonds is 9. The molecule has 1 atom stereocenters. The molecule has 0 bridgehead atoms. The number of carbonyl (C=O) groups is 1. The van der Waals surface area contributed by atoms with Gasteiger partial charge >= 0.3 is 0 Å². The summed E-state index contributed by atoms with van der Waals surface area (Å²) in [4.78, 5) is 12.6. The number of hydrazone groups is 1. The molecule has 9 heteroatoms. The van der Waals surface area contributed by atoms with Gasteiger partial charge in [-0.2, -0.15) is 5.10 Å². The number of carbonyl (C=O) groups excluding carboxylic acids is 1. The SMILES string of the molecule is Cc1ccc(NCc2nnc(S[C@@H](C)C(=O)NN=Cc3ccccc3F)n2-c2ccccc2)cc1. The fourth-order valence-electron chi connectivity index (χ4n) is 3.23. The smallest absolute Gasteiger partial charge is 0.253 e. The second kappa shape index (κ2) is 11.4. The summed E-state index contributed by atoms with van der Waals surface area (Å²) in [5, 5.41) is 16.1. The van der Waals surface area contributed by atoms with Crippen molar-refractivity contribution in [3.63, 3.8) is 0 Å². The van der Waals surface area contributed by atoms with Crippen LogP contribution in [0.2, 0.25) is 0 Å². The van der Waals surface area contributed by atoms with E-state index < -0.39 is 11.1 Å². The minimum absolute atomic E-state index is 0.294. The topological polar surface area (TPSA) is 84.2 Å². The minimum atomic E-state index is -0.516. The summed E-state index contributed by atoms with van der Waals surface area (Å²) in [7, 11) is 0. The lowest BCUT2D eigenvalue weighted by Crippen LogP contribution is -2.27. The molecule has 0 aliphatic rings. The number of hydrogen-bond acceptors (Lipinski definition) is 6. The maximum Gasteiger partial charge on any atom is 0.253 e. The number of hydrogen-bond donors (Lipinski definition) is 2. The first-order chi connectivity index (χ1) is 17.0. The molecule has 0 aliphatic carbocycles. The van der Waals surface area contributed by atoms with Gasteiger partial charge in [0.2, 0.25) is 0 Å². The molecule has 2 N–H and O–H groups in total. The van der Waals surface area contributed by atoms with E-state index in [0.29, 0.717) is 23.1 Å². The number of benzene rings is 3. The van der Waals surface area contributed by atoms with Crippen LogP contribution in [0.25, 0.3) is 5.69 Å². The van der Waals surface area contributed by atoms with Crippen LogP contribution < -0.4 is 10.7 Å². The van der Waals surface area contributed by atoms with E-state index in [2.05, 4.69) is 26.0 Å². The minimum Gasteiger partial charge on any atom is -0.378 e. The van der Waals surface area contributed by atoms with Crippen molar-refractivity contribution in [2.75, 3.05) is 5.32 Å². The van der Waals surface area contributed by atoms with Gasteiger partial charge in [-0.25, -0.2) is 9.82 Å². The van der Waals surface area contributed by atoms with Gasteiger partial charge in [-0.05, 0) is 44.2 Å². The van der Waals surface area contributed by atoms with E-state index in [4.69, 9.17) is 0 Å². The molecule has 0 aliphatic heterocycles. The highest BCUT2D eigenvalue weighted by molar-refractivity contribution is 8.00. The predicted molar refractivity (Wildman–Crippen MR) is 137 cm³/mol. The Morgan fingerprint density at radius 2 is 1.77 bits per heavy atom. The Morgan fingerprint density at radius 3 is 2.51 bits per heavy atom. The molecule has 1 aromatic heterocycles. The van der Waals surface area contributed by atoms with Crippen molar-refractivity contribution in [1.29, 1.82) is 0 Å². The lowest BCUT2D eigenvalue weighted by atomic mass is 10.2. The fourth-order valence-corrected chi connectivity index (χ4v) is 4.11. The molecule has 4 aromatic rings. The molecule has 178 valence electrons. The van der Waals surface area contributed by atoms with Crippen molar-refractivity contribution in [1.82, 2.24) is 20.2 Å². The number of anilines is 1. The van der Waals surface area contributed by atoms with Gasteiger partial charge in [0.15, 0.2) is 11.0 Å². The van der Waals surface area contributed by atoms with Crippen LogP contribution in [0, 0.1) is 12.7 Å². The van der Waals surface area contributed by atoms with Crippen LogP contribution in [0.4, 0.5) is 10.1 Å². The van der Waals surface area contributed by atoms with Crippen molar-refractivity contribution in [2.24, 2.45) is 5.10 Å². The Hall–Kier alpha value is -3.98. The highest BCUT2D eigenvalue weighted by Crippen LogP contribution is 2.26. The third-order valence-electron chi connectivity index (χ3n) is 5.15. The maximum atomic E-state index is 13.7. The summed E-state index contributed by atoms with van der Waals surface area (Å²) in [5.41, 5.74) is 5.82. The van der Waals surface area contributed by atoms with E-state index in [0.717, 1.165) is 11.4 Å². The molecule has 0 saturated carbocycles. The van der Waals surface area contributed by atoms with Gasteiger partial charge in [0.25, 0.3) is 5.91 Å². The molecule has 0 radical (unpaired) electrons. The summed E-state index contributed by atoms with van der Waals surface area (Å²) in [5.74, 6) is -0.0235. The van der Waals surface area contributed by atoms with Crippen LogP contribution >= 0.6 is 11.8 Å². The van der Waals surface area contributed by atoms with Crippen LogP contribution in [0.5, 0.6) is 0 Å². The molecular weight excluding hydrogens is 463 g/mol. The fraction of sp³-hybridized carbons (Fsp3) is 0.154. The average molecular weight is 489 g/mol. The van der Waals surface area contributed by atoms with Crippen LogP contribution in [0.1, 0.15) is 23.9 Å². The second-order valence-electron chi connectivity index (χ2n) is 7.81. The third-order valence-corrected chi connectivity index (χ3v) is 6.19. The van der Waals surface area contributed by atoms with Gasteiger partial charge in [0.1, 0.15) is 5.82 Å². The quantitative estimate of drug-likeness (QED) is 0.198. The molecule has 3 aromatic carbocycles. The highest BCUT2D eigenvalue weighted by Gasteiger charge is 2.21. The third kappa shape index (κ3) is 6.33. The summed E-state index contributed by atoms with van der Waals surface area (Å²) in [6, 6.07) is 24.1. The first kappa shape index (κ1) is 24.2. The lowest BCUT2D eigenvalue weighted by molar-refractivity contribution is -0.120. The highest BCUT2D eigenvalue weighted by atomic mass is 32.2. The lowest BCUT2D eigenvalue weighted by Gasteiger charge is -2.13. The van der Waals surface area contributed by atoms with Gasteiger partial charge in [-0.15, -0.1) is 10.2 Å². The number of nitrogens with zero attached hydrogens (tertiary/aromatic N) is 4. The van der Waals surface area contributed by atoms with Crippen molar-refractivity contribution >= 4 is 29.6 Å². The molecule has 1 amide bonds. The Morgan fingerprint density at radius 1 is 1.06 bits per heavy atom. The van der Waals surface area contributed by atoms with Crippen LogP contribution in [0.15, 0.2) is 89.1 Å². The van der Waals surface area contributed by atoms with Gasteiger partial charge in [-0.3, -0.25) is 9.36 Å². The molecule has 1 heterocycles. The molecule has 0 spiro atoms.